The standard InChI is InChI=1S/C15H14FNO2/c1-10-7-12(5-6-14(10)17)15(18)19-9-11-3-2-4-13(16)8-11/h2-8H,9,17H2,1H3. The molecule has 3 nitrogen and oxygen atoms in total. The fourth-order valence-corrected chi connectivity index (χ4v) is 1.66. The van der Waals surface area contributed by atoms with Crippen molar-refractivity contribution >= 4 is 11.7 Å². The molecule has 19 heavy (non-hydrogen) atoms. The number of hydrogen-bond donors (Lipinski definition) is 1. The first-order valence-electron chi connectivity index (χ1n) is 5.84. The zero-order valence-electron chi connectivity index (χ0n) is 10.5. The van der Waals surface area contributed by atoms with Crippen LogP contribution in [0.15, 0.2) is 42.5 Å². The van der Waals surface area contributed by atoms with Crippen LogP contribution in [0.4, 0.5) is 10.1 Å². The molecule has 0 saturated carbocycles. The quantitative estimate of drug-likeness (QED) is 0.680. The SMILES string of the molecule is Cc1cc(C(=O)OCc2cccc(F)c2)ccc1N. The van der Waals surface area contributed by atoms with Gasteiger partial charge in [0.25, 0.3) is 0 Å². The Kier molecular flexibility index (Phi) is 3.80. The van der Waals surface area contributed by atoms with E-state index in [1.165, 1.54) is 12.1 Å². The molecule has 0 amide bonds. The maximum atomic E-state index is 13.0. The predicted octanol–water partition coefficient (Wildman–Crippen LogP) is 3.07. The largest absolute Gasteiger partial charge is 0.457 e. The van der Waals surface area contributed by atoms with Gasteiger partial charge in [0, 0.05) is 5.69 Å². The lowest BCUT2D eigenvalue weighted by molar-refractivity contribution is 0.0472. The molecule has 0 aliphatic rings. The van der Waals surface area contributed by atoms with Crippen molar-refractivity contribution in [3.05, 3.63) is 65.0 Å². The molecule has 0 heterocycles. The van der Waals surface area contributed by atoms with Gasteiger partial charge in [0.15, 0.2) is 0 Å². The van der Waals surface area contributed by atoms with Gasteiger partial charge in [-0.1, -0.05) is 12.1 Å². The Labute approximate surface area is 110 Å². The molecule has 0 atom stereocenters. The molecular weight excluding hydrogens is 245 g/mol. The molecule has 2 aromatic rings. The van der Waals surface area contributed by atoms with E-state index in [1.54, 1.807) is 30.3 Å². The first-order chi connectivity index (χ1) is 9.06. The van der Waals surface area contributed by atoms with E-state index in [2.05, 4.69) is 0 Å². The van der Waals surface area contributed by atoms with E-state index in [4.69, 9.17) is 10.5 Å². The Morgan fingerprint density at radius 2 is 2.05 bits per heavy atom. The van der Waals surface area contributed by atoms with Gasteiger partial charge < -0.3 is 10.5 Å². The highest BCUT2D eigenvalue weighted by Gasteiger charge is 2.08. The van der Waals surface area contributed by atoms with Gasteiger partial charge in [-0.05, 0) is 48.4 Å². The molecule has 0 aliphatic heterocycles. The lowest BCUT2D eigenvalue weighted by Crippen LogP contribution is -2.06. The number of benzene rings is 2. The van der Waals surface area contributed by atoms with Crippen LogP contribution in [0.2, 0.25) is 0 Å². The number of nitrogen functional groups attached to an aromatic ring is 1. The van der Waals surface area contributed by atoms with Crippen LogP contribution in [0.25, 0.3) is 0 Å². The molecule has 98 valence electrons. The number of esters is 1. The van der Waals surface area contributed by atoms with Crippen molar-refractivity contribution < 1.29 is 13.9 Å². The number of carbonyl (C=O) groups is 1. The van der Waals surface area contributed by atoms with Crippen molar-refractivity contribution in [1.82, 2.24) is 0 Å². The number of anilines is 1. The fraction of sp³-hybridized carbons (Fsp3) is 0.133. The van der Waals surface area contributed by atoms with Crippen LogP contribution in [-0.4, -0.2) is 5.97 Å². The Morgan fingerprint density at radius 3 is 2.74 bits per heavy atom. The van der Waals surface area contributed by atoms with Gasteiger partial charge in [-0.25, -0.2) is 9.18 Å². The molecule has 0 fully saturated rings. The van der Waals surface area contributed by atoms with Gasteiger partial charge in [0.2, 0.25) is 0 Å². The molecule has 0 unspecified atom stereocenters. The van der Waals surface area contributed by atoms with Crippen molar-refractivity contribution in [2.75, 3.05) is 5.73 Å². The minimum atomic E-state index is -0.452. The Balaban J connectivity index is 2.03. The van der Waals surface area contributed by atoms with E-state index < -0.39 is 5.97 Å². The molecule has 0 spiro atoms. The van der Waals surface area contributed by atoms with Crippen molar-refractivity contribution in [2.45, 2.75) is 13.5 Å². The van der Waals surface area contributed by atoms with Crippen LogP contribution in [0.3, 0.4) is 0 Å². The Hall–Kier alpha value is -2.36. The normalized spacial score (nSPS) is 10.2. The average Bonchev–Trinajstić information content (AvgIpc) is 2.39. The number of halogens is 1. The van der Waals surface area contributed by atoms with E-state index in [9.17, 15) is 9.18 Å². The van der Waals surface area contributed by atoms with E-state index in [0.717, 1.165) is 5.56 Å². The lowest BCUT2D eigenvalue weighted by atomic mass is 10.1. The average molecular weight is 259 g/mol. The van der Waals surface area contributed by atoms with E-state index in [-0.39, 0.29) is 12.4 Å². The third kappa shape index (κ3) is 3.31. The summed E-state index contributed by atoms with van der Waals surface area (Å²) >= 11 is 0. The first-order valence-corrected chi connectivity index (χ1v) is 5.84. The summed E-state index contributed by atoms with van der Waals surface area (Å²) in [5.41, 5.74) is 8.17. The topological polar surface area (TPSA) is 52.3 Å². The third-order valence-electron chi connectivity index (χ3n) is 2.76. The van der Waals surface area contributed by atoms with Gasteiger partial charge in [-0.15, -0.1) is 0 Å². The molecule has 4 heteroatoms. The van der Waals surface area contributed by atoms with Crippen LogP contribution in [0, 0.1) is 12.7 Å². The molecular formula is C15H14FNO2. The van der Waals surface area contributed by atoms with E-state index in [1.807, 2.05) is 6.92 Å². The molecule has 2 N–H and O–H groups in total. The smallest absolute Gasteiger partial charge is 0.338 e. The highest BCUT2D eigenvalue weighted by atomic mass is 19.1. The second-order valence-corrected chi connectivity index (χ2v) is 4.28. The molecule has 0 radical (unpaired) electrons. The minimum Gasteiger partial charge on any atom is -0.457 e. The van der Waals surface area contributed by atoms with E-state index in [0.29, 0.717) is 16.8 Å². The van der Waals surface area contributed by atoms with Crippen LogP contribution < -0.4 is 5.73 Å². The number of ether oxygens (including phenoxy) is 1. The van der Waals surface area contributed by atoms with Crippen molar-refractivity contribution in [1.29, 1.82) is 0 Å². The summed E-state index contributed by atoms with van der Waals surface area (Å²) in [6.07, 6.45) is 0. The van der Waals surface area contributed by atoms with Crippen molar-refractivity contribution in [3.8, 4) is 0 Å². The van der Waals surface area contributed by atoms with Gasteiger partial charge in [0.05, 0.1) is 5.56 Å². The first kappa shape index (κ1) is 13.1. The number of aryl methyl sites for hydroxylation is 1. The summed E-state index contributed by atoms with van der Waals surface area (Å²) in [5.74, 6) is -0.802. The lowest BCUT2D eigenvalue weighted by Gasteiger charge is -2.07. The number of carbonyl (C=O) groups excluding carboxylic acids is 1. The molecule has 0 bridgehead atoms. The predicted molar refractivity (Wildman–Crippen MR) is 71.1 cm³/mol. The van der Waals surface area contributed by atoms with Gasteiger partial charge in [0.1, 0.15) is 12.4 Å². The summed E-state index contributed by atoms with van der Waals surface area (Å²) in [7, 11) is 0. The van der Waals surface area contributed by atoms with Gasteiger partial charge >= 0.3 is 5.97 Å². The Morgan fingerprint density at radius 1 is 1.26 bits per heavy atom. The molecule has 2 rings (SSSR count). The zero-order chi connectivity index (χ0) is 13.8. The van der Waals surface area contributed by atoms with E-state index >= 15 is 0 Å². The van der Waals surface area contributed by atoms with Gasteiger partial charge in [-0.2, -0.15) is 0 Å². The van der Waals surface area contributed by atoms with Crippen LogP contribution in [0.1, 0.15) is 21.5 Å². The fourth-order valence-electron chi connectivity index (χ4n) is 1.66. The number of nitrogens with two attached hydrogens (primary N) is 1. The minimum absolute atomic E-state index is 0.0417. The van der Waals surface area contributed by atoms with Crippen molar-refractivity contribution in [2.24, 2.45) is 0 Å². The molecule has 0 aromatic heterocycles. The molecule has 2 aromatic carbocycles. The maximum absolute atomic E-state index is 13.0. The van der Waals surface area contributed by atoms with Crippen LogP contribution >= 0.6 is 0 Å². The summed E-state index contributed by atoms with van der Waals surface area (Å²) in [4.78, 5) is 11.8. The monoisotopic (exact) mass is 259 g/mol. The van der Waals surface area contributed by atoms with Crippen molar-refractivity contribution in [3.63, 3.8) is 0 Å². The number of hydrogen-bond acceptors (Lipinski definition) is 3. The second-order valence-electron chi connectivity index (χ2n) is 4.28. The number of rotatable bonds is 3. The summed E-state index contributed by atoms with van der Waals surface area (Å²) in [6.45, 7) is 1.86. The second kappa shape index (κ2) is 5.52. The van der Waals surface area contributed by atoms with Gasteiger partial charge in [-0.3, -0.25) is 0 Å². The third-order valence-corrected chi connectivity index (χ3v) is 2.76. The highest BCUT2D eigenvalue weighted by molar-refractivity contribution is 5.90. The van der Waals surface area contributed by atoms with Crippen LogP contribution in [-0.2, 0) is 11.3 Å². The maximum Gasteiger partial charge on any atom is 0.338 e. The molecule has 0 saturated heterocycles. The summed E-state index contributed by atoms with van der Waals surface area (Å²) < 4.78 is 18.1. The zero-order valence-corrected chi connectivity index (χ0v) is 10.5. The highest BCUT2D eigenvalue weighted by Crippen LogP contribution is 2.14. The summed E-state index contributed by atoms with van der Waals surface area (Å²) in [6, 6.07) is 10.9. The molecule has 0 aliphatic carbocycles. The Bertz CT molecular complexity index is 611. The summed E-state index contributed by atoms with van der Waals surface area (Å²) in [5, 5.41) is 0. The van der Waals surface area contributed by atoms with Crippen LogP contribution in [0.5, 0.6) is 0 Å².